The van der Waals surface area contributed by atoms with Gasteiger partial charge in [-0.15, -0.1) is 0 Å². The second-order valence-corrected chi connectivity index (χ2v) is 8.54. The summed E-state index contributed by atoms with van der Waals surface area (Å²) in [6.45, 7) is 2.90. The number of hydrogen-bond acceptors (Lipinski definition) is 3. The number of rotatable bonds is 6. The van der Waals surface area contributed by atoms with Crippen LogP contribution in [0.1, 0.15) is 23.3 Å². The van der Waals surface area contributed by atoms with Crippen molar-refractivity contribution in [2.24, 2.45) is 0 Å². The van der Waals surface area contributed by atoms with E-state index in [1.807, 2.05) is 19.1 Å². The van der Waals surface area contributed by atoms with Crippen LogP contribution in [-0.4, -0.2) is 20.9 Å². The SMILES string of the molecule is Cc1ccccc1C(C)S(=O)(=O)NCC(=O)Nc1ccc(Br)cc1F. The average molecular weight is 429 g/mol. The highest BCUT2D eigenvalue weighted by Gasteiger charge is 2.24. The van der Waals surface area contributed by atoms with Gasteiger partial charge in [-0.05, 0) is 43.2 Å². The second-order valence-electron chi connectivity index (χ2n) is 5.54. The topological polar surface area (TPSA) is 75.3 Å². The maximum Gasteiger partial charge on any atom is 0.239 e. The zero-order chi connectivity index (χ0) is 18.6. The number of carbonyl (C=O) groups is 1. The predicted molar refractivity (Wildman–Crippen MR) is 99.2 cm³/mol. The molecular formula is C17H18BrFN2O3S. The van der Waals surface area contributed by atoms with E-state index in [4.69, 9.17) is 0 Å². The average Bonchev–Trinajstić information content (AvgIpc) is 2.55. The highest BCUT2D eigenvalue weighted by molar-refractivity contribution is 9.10. The van der Waals surface area contributed by atoms with Crippen LogP contribution < -0.4 is 10.0 Å². The molecule has 0 spiro atoms. The first-order valence-corrected chi connectivity index (χ1v) is 9.83. The molecule has 0 saturated carbocycles. The van der Waals surface area contributed by atoms with Crippen molar-refractivity contribution < 1.29 is 17.6 Å². The summed E-state index contributed by atoms with van der Waals surface area (Å²) >= 11 is 3.12. The lowest BCUT2D eigenvalue weighted by molar-refractivity contribution is -0.115. The molecule has 0 bridgehead atoms. The van der Waals surface area contributed by atoms with E-state index >= 15 is 0 Å². The van der Waals surface area contributed by atoms with E-state index in [-0.39, 0.29) is 5.69 Å². The first-order valence-electron chi connectivity index (χ1n) is 7.49. The number of nitrogens with one attached hydrogen (secondary N) is 2. The van der Waals surface area contributed by atoms with E-state index in [1.165, 1.54) is 12.1 Å². The van der Waals surface area contributed by atoms with Crippen LogP contribution >= 0.6 is 15.9 Å². The molecular weight excluding hydrogens is 411 g/mol. The highest BCUT2D eigenvalue weighted by Crippen LogP contribution is 2.24. The van der Waals surface area contributed by atoms with E-state index in [0.29, 0.717) is 10.0 Å². The van der Waals surface area contributed by atoms with E-state index in [2.05, 4.69) is 26.0 Å². The van der Waals surface area contributed by atoms with Gasteiger partial charge in [0.05, 0.1) is 17.5 Å². The molecule has 2 N–H and O–H groups in total. The van der Waals surface area contributed by atoms with Crippen LogP contribution in [0.25, 0.3) is 0 Å². The summed E-state index contributed by atoms with van der Waals surface area (Å²) in [4.78, 5) is 11.9. The third-order valence-electron chi connectivity index (χ3n) is 3.73. The molecule has 0 radical (unpaired) electrons. The van der Waals surface area contributed by atoms with Crippen molar-refractivity contribution in [3.05, 3.63) is 63.9 Å². The van der Waals surface area contributed by atoms with Gasteiger partial charge in [-0.2, -0.15) is 0 Å². The van der Waals surface area contributed by atoms with Crippen LogP contribution in [0, 0.1) is 12.7 Å². The van der Waals surface area contributed by atoms with Gasteiger partial charge in [0.1, 0.15) is 5.82 Å². The summed E-state index contributed by atoms with van der Waals surface area (Å²) in [5.74, 6) is -1.26. The fraction of sp³-hybridized carbons (Fsp3) is 0.235. The Kier molecular flexibility index (Phi) is 6.31. The Balaban J connectivity index is 2.01. The van der Waals surface area contributed by atoms with Crippen molar-refractivity contribution in [3.63, 3.8) is 0 Å². The molecule has 1 amide bonds. The highest BCUT2D eigenvalue weighted by atomic mass is 79.9. The number of sulfonamides is 1. The van der Waals surface area contributed by atoms with Crippen LogP contribution in [0.4, 0.5) is 10.1 Å². The summed E-state index contributed by atoms with van der Waals surface area (Å²) in [5.41, 5.74) is 1.50. The molecule has 25 heavy (non-hydrogen) atoms. The summed E-state index contributed by atoms with van der Waals surface area (Å²) in [7, 11) is -3.75. The number of carbonyl (C=O) groups excluding carboxylic acids is 1. The molecule has 2 aromatic carbocycles. The maximum absolute atomic E-state index is 13.7. The van der Waals surface area contributed by atoms with Gasteiger partial charge in [0.25, 0.3) is 0 Å². The van der Waals surface area contributed by atoms with Crippen molar-refractivity contribution >= 4 is 37.5 Å². The van der Waals surface area contributed by atoms with Gasteiger partial charge >= 0.3 is 0 Å². The Labute approximate surface area is 154 Å². The van der Waals surface area contributed by atoms with Gasteiger partial charge in [-0.3, -0.25) is 4.79 Å². The summed E-state index contributed by atoms with van der Waals surface area (Å²) in [6.07, 6.45) is 0. The second kappa shape index (κ2) is 8.07. The van der Waals surface area contributed by atoms with Gasteiger partial charge in [-0.25, -0.2) is 17.5 Å². The Bertz CT molecular complexity index is 887. The number of anilines is 1. The third-order valence-corrected chi connectivity index (χ3v) is 5.96. The molecule has 0 aromatic heterocycles. The minimum absolute atomic E-state index is 0.0145. The number of benzene rings is 2. The van der Waals surface area contributed by atoms with Crippen LogP contribution in [0.15, 0.2) is 46.9 Å². The number of aryl methyl sites for hydroxylation is 1. The van der Waals surface area contributed by atoms with Gasteiger partial charge in [0, 0.05) is 4.47 Å². The molecule has 0 heterocycles. The minimum Gasteiger partial charge on any atom is -0.322 e. The number of amides is 1. The van der Waals surface area contributed by atoms with Crippen molar-refractivity contribution in [1.82, 2.24) is 4.72 Å². The predicted octanol–water partition coefficient (Wildman–Crippen LogP) is 3.52. The molecule has 1 unspecified atom stereocenters. The Hall–Kier alpha value is -1.77. The van der Waals surface area contributed by atoms with Gasteiger partial charge in [0.2, 0.25) is 15.9 Å². The van der Waals surface area contributed by atoms with Crippen molar-refractivity contribution in [1.29, 1.82) is 0 Å². The van der Waals surface area contributed by atoms with Crippen molar-refractivity contribution in [3.8, 4) is 0 Å². The molecule has 5 nitrogen and oxygen atoms in total. The third kappa shape index (κ3) is 5.10. The Morgan fingerprint density at radius 2 is 1.92 bits per heavy atom. The van der Waals surface area contributed by atoms with Crippen LogP contribution in [0.5, 0.6) is 0 Å². The molecule has 0 aliphatic heterocycles. The molecule has 0 saturated heterocycles. The lowest BCUT2D eigenvalue weighted by Crippen LogP contribution is -2.35. The smallest absolute Gasteiger partial charge is 0.239 e. The Morgan fingerprint density at radius 1 is 1.24 bits per heavy atom. The summed E-state index contributed by atoms with van der Waals surface area (Å²) in [5, 5.41) is 1.52. The number of hydrogen-bond donors (Lipinski definition) is 2. The molecule has 2 rings (SSSR count). The molecule has 0 aliphatic carbocycles. The maximum atomic E-state index is 13.7. The van der Waals surface area contributed by atoms with E-state index in [0.717, 1.165) is 5.56 Å². The zero-order valence-electron chi connectivity index (χ0n) is 13.7. The van der Waals surface area contributed by atoms with Crippen LogP contribution in [0.3, 0.4) is 0 Å². The van der Waals surface area contributed by atoms with E-state index in [1.54, 1.807) is 25.1 Å². The monoisotopic (exact) mass is 428 g/mol. The number of halogens is 2. The van der Waals surface area contributed by atoms with E-state index < -0.39 is 33.5 Å². The first kappa shape index (κ1) is 19.6. The minimum atomic E-state index is -3.75. The van der Waals surface area contributed by atoms with Crippen LogP contribution in [-0.2, 0) is 14.8 Å². The molecule has 134 valence electrons. The fourth-order valence-corrected chi connectivity index (χ4v) is 3.80. The van der Waals surface area contributed by atoms with E-state index in [9.17, 15) is 17.6 Å². The lowest BCUT2D eigenvalue weighted by atomic mass is 10.1. The standard InChI is InChI=1S/C17H18BrFN2O3S/c1-11-5-3-4-6-14(11)12(2)25(23,24)20-10-17(22)21-16-8-7-13(18)9-15(16)19/h3-9,12,20H,10H2,1-2H3,(H,21,22). The van der Waals surface area contributed by atoms with Gasteiger partial charge < -0.3 is 5.32 Å². The Morgan fingerprint density at radius 3 is 2.56 bits per heavy atom. The summed E-state index contributed by atoms with van der Waals surface area (Å²) < 4.78 is 41.3. The van der Waals surface area contributed by atoms with Gasteiger partial charge in [-0.1, -0.05) is 40.2 Å². The van der Waals surface area contributed by atoms with Crippen LogP contribution in [0.2, 0.25) is 0 Å². The lowest BCUT2D eigenvalue weighted by Gasteiger charge is -2.16. The molecule has 2 aromatic rings. The molecule has 8 heteroatoms. The first-order chi connectivity index (χ1) is 11.7. The van der Waals surface area contributed by atoms with Crippen molar-refractivity contribution in [2.45, 2.75) is 19.1 Å². The van der Waals surface area contributed by atoms with Crippen molar-refractivity contribution in [2.75, 3.05) is 11.9 Å². The zero-order valence-corrected chi connectivity index (χ0v) is 16.1. The molecule has 0 fully saturated rings. The summed E-state index contributed by atoms with van der Waals surface area (Å²) in [6, 6.07) is 11.3. The normalized spacial score (nSPS) is 12.6. The molecule has 0 aliphatic rings. The molecule has 1 atom stereocenters. The quantitative estimate of drug-likeness (QED) is 0.738. The largest absolute Gasteiger partial charge is 0.322 e. The van der Waals surface area contributed by atoms with Gasteiger partial charge in [0.15, 0.2) is 0 Å². The fourth-order valence-electron chi connectivity index (χ4n) is 2.29.